The Hall–Kier alpha value is -1.32. The molecule has 4 heteroatoms. The SMILES string of the molecule is FCC/C=C/[C@H]1CC[C@H](C2CCC(c3cc(F)c(F)c(F)c3)CC2)CC1. The van der Waals surface area contributed by atoms with Crippen LogP contribution in [-0.2, 0) is 0 Å². The highest BCUT2D eigenvalue weighted by Gasteiger charge is 2.31. The van der Waals surface area contributed by atoms with Gasteiger partial charge >= 0.3 is 0 Å². The number of halogens is 4. The molecule has 2 aliphatic carbocycles. The van der Waals surface area contributed by atoms with Gasteiger partial charge in [-0.3, -0.25) is 4.39 Å². The number of allylic oxidation sites excluding steroid dienone is 2. The van der Waals surface area contributed by atoms with E-state index in [1.165, 1.54) is 37.8 Å². The maximum absolute atomic E-state index is 13.5. The molecule has 144 valence electrons. The van der Waals surface area contributed by atoms with Crippen LogP contribution in [0.3, 0.4) is 0 Å². The Morgan fingerprint density at radius 3 is 1.88 bits per heavy atom. The van der Waals surface area contributed by atoms with Crippen LogP contribution in [0, 0.1) is 35.2 Å². The third-order valence-electron chi connectivity index (χ3n) is 6.42. The Labute approximate surface area is 153 Å². The van der Waals surface area contributed by atoms with Gasteiger partial charge in [0.25, 0.3) is 0 Å². The molecule has 1 aromatic carbocycles. The standard InChI is InChI=1S/C22H28F4/c23-12-2-1-3-15-4-6-16(7-5-15)17-8-10-18(11-9-17)19-13-20(24)22(26)21(25)14-19/h1,3,13-18H,2,4-12H2/b3-1+/t15-,16-,17?,18?. The minimum atomic E-state index is -1.38. The summed E-state index contributed by atoms with van der Waals surface area (Å²) in [6.45, 7) is -0.281. The van der Waals surface area contributed by atoms with Gasteiger partial charge in [0.05, 0.1) is 6.67 Å². The van der Waals surface area contributed by atoms with E-state index >= 15 is 0 Å². The minimum absolute atomic E-state index is 0.135. The van der Waals surface area contributed by atoms with Gasteiger partial charge in [0.15, 0.2) is 17.5 Å². The third-order valence-corrected chi connectivity index (χ3v) is 6.42. The second-order valence-electron chi connectivity index (χ2n) is 7.99. The molecule has 0 aromatic heterocycles. The molecule has 0 atom stereocenters. The van der Waals surface area contributed by atoms with Crippen molar-refractivity contribution in [2.24, 2.45) is 17.8 Å². The molecule has 0 unspecified atom stereocenters. The molecule has 0 nitrogen and oxygen atoms in total. The van der Waals surface area contributed by atoms with Crippen molar-refractivity contribution in [1.82, 2.24) is 0 Å². The third kappa shape index (κ3) is 4.69. The molecule has 0 radical (unpaired) electrons. The summed E-state index contributed by atoms with van der Waals surface area (Å²) >= 11 is 0. The van der Waals surface area contributed by atoms with Crippen molar-refractivity contribution in [3.63, 3.8) is 0 Å². The molecule has 26 heavy (non-hydrogen) atoms. The van der Waals surface area contributed by atoms with E-state index in [1.54, 1.807) is 0 Å². The number of benzene rings is 1. The summed E-state index contributed by atoms with van der Waals surface area (Å²) in [4.78, 5) is 0. The van der Waals surface area contributed by atoms with Crippen molar-refractivity contribution in [2.75, 3.05) is 6.67 Å². The molecule has 2 fully saturated rings. The van der Waals surface area contributed by atoms with E-state index in [-0.39, 0.29) is 12.6 Å². The van der Waals surface area contributed by atoms with Crippen LogP contribution in [0.2, 0.25) is 0 Å². The molecule has 0 N–H and O–H groups in total. The van der Waals surface area contributed by atoms with Crippen molar-refractivity contribution in [3.05, 3.63) is 47.3 Å². The van der Waals surface area contributed by atoms with Crippen molar-refractivity contribution in [2.45, 2.75) is 63.7 Å². The first-order valence-corrected chi connectivity index (χ1v) is 9.95. The number of hydrogen-bond donors (Lipinski definition) is 0. The quantitative estimate of drug-likeness (QED) is 0.295. The van der Waals surface area contributed by atoms with Crippen LogP contribution in [0.5, 0.6) is 0 Å². The first-order chi connectivity index (χ1) is 12.6. The van der Waals surface area contributed by atoms with Crippen molar-refractivity contribution < 1.29 is 17.6 Å². The molecule has 0 aliphatic heterocycles. The predicted octanol–water partition coefficient (Wildman–Crippen LogP) is 7.10. The molecule has 0 amide bonds. The number of rotatable bonds is 5. The molecular formula is C22H28F4. The summed E-state index contributed by atoms with van der Waals surface area (Å²) in [5.41, 5.74) is 0.599. The smallest absolute Gasteiger partial charge is 0.194 e. The van der Waals surface area contributed by atoms with Gasteiger partial charge in [-0.25, -0.2) is 13.2 Å². The summed E-state index contributed by atoms with van der Waals surface area (Å²) < 4.78 is 52.2. The second-order valence-corrected chi connectivity index (χ2v) is 7.99. The fourth-order valence-electron chi connectivity index (χ4n) is 4.90. The lowest BCUT2D eigenvalue weighted by Gasteiger charge is -2.37. The molecule has 0 saturated heterocycles. The average molecular weight is 368 g/mol. The maximum atomic E-state index is 13.5. The molecule has 1 aromatic rings. The minimum Gasteiger partial charge on any atom is -0.251 e. The molecule has 0 heterocycles. The summed E-state index contributed by atoms with van der Waals surface area (Å²) in [6.07, 6.45) is 13.5. The molecule has 3 rings (SSSR count). The van der Waals surface area contributed by atoms with Gasteiger partial charge in [-0.1, -0.05) is 12.2 Å². The zero-order valence-corrected chi connectivity index (χ0v) is 15.2. The summed E-state index contributed by atoms with van der Waals surface area (Å²) in [7, 11) is 0. The largest absolute Gasteiger partial charge is 0.251 e. The number of hydrogen-bond acceptors (Lipinski definition) is 0. The highest BCUT2D eigenvalue weighted by Crippen LogP contribution is 2.44. The van der Waals surface area contributed by atoms with Crippen LogP contribution in [0.25, 0.3) is 0 Å². The topological polar surface area (TPSA) is 0 Å². The first kappa shape index (κ1) is 19.4. The average Bonchev–Trinajstić information content (AvgIpc) is 2.67. The van der Waals surface area contributed by atoms with Gasteiger partial charge in [0, 0.05) is 0 Å². The first-order valence-electron chi connectivity index (χ1n) is 9.95. The van der Waals surface area contributed by atoms with Crippen molar-refractivity contribution in [1.29, 1.82) is 0 Å². The van der Waals surface area contributed by atoms with Crippen LogP contribution in [0.1, 0.15) is 69.3 Å². The maximum Gasteiger partial charge on any atom is 0.194 e. The van der Waals surface area contributed by atoms with Gasteiger partial charge in [-0.05, 0) is 99.2 Å². The van der Waals surface area contributed by atoms with Crippen LogP contribution < -0.4 is 0 Å². The summed E-state index contributed by atoms with van der Waals surface area (Å²) in [6, 6.07) is 2.33. The Morgan fingerprint density at radius 2 is 1.35 bits per heavy atom. The molecule has 2 aliphatic rings. The van der Waals surface area contributed by atoms with Gasteiger partial charge < -0.3 is 0 Å². The Kier molecular flexibility index (Phi) is 6.77. The normalized spacial score (nSPS) is 30.0. The van der Waals surface area contributed by atoms with Crippen molar-refractivity contribution in [3.8, 4) is 0 Å². The van der Waals surface area contributed by atoms with Gasteiger partial charge in [0.1, 0.15) is 0 Å². The van der Waals surface area contributed by atoms with Gasteiger partial charge in [0.2, 0.25) is 0 Å². The molecule has 0 bridgehead atoms. The molecule has 0 spiro atoms. The zero-order chi connectivity index (χ0) is 18.5. The van der Waals surface area contributed by atoms with Crippen LogP contribution >= 0.6 is 0 Å². The van der Waals surface area contributed by atoms with Crippen LogP contribution in [0.4, 0.5) is 17.6 Å². The molecule has 2 saturated carbocycles. The zero-order valence-electron chi connectivity index (χ0n) is 15.2. The van der Waals surface area contributed by atoms with Crippen molar-refractivity contribution >= 4 is 0 Å². The fourth-order valence-corrected chi connectivity index (χ4v) is 4.90. The lowest BCUT2D eigenvalue weighted by Crippen LogP contribution is -2.25. The lowest BCUT2D eigenvalue weighted by molar-refractivity contribution is 0.171. The predicted molar refractivity (Wildman–Crippen MR) is 96.2 cm³/mol. The van der Waals surface area contributed by atoms with Crippen LogP contribution in [-0.4, -0.2) is 6.67 Å². The van der Waals surface area contributed by atoms with Gasteiger partial charge in [-0.15, -0.1) is 0 Å². The monoisotopic (exact) mass is 368 g/mol. The molecular weight excluding hydrogens is 340 g/mol. The van der Waals surface area contributed by atoms with E-state index in [4.69, 9.17) is 0 Å². The van der Waals surface area contributed by atoms with E-state index in [2.05, 4.69) is 6.08 Å². The van der Waals surface area contributed by atoms with E-state index in [9.17, 15) is 17.6 Å². The summed E-state index contributed by atoms with van der Waals surface area (Å²) in [5.74, 6) is -1.38. The Morgan fingerprint density at radius 1 is 0.808 bits per heavy atom. The number of alkyl halides is 1. The second kappa shape index (κ2) is 9.05. The van der Waals surface area contributed by atoms with E-state index in [0.717, 1.165) is 31.6 Å². The Bertz CT molecular complexity index is 586. The lowest BCUT2D eigenvalue weighted by atomic mass is 9.68. The highest BCUT2D eigenvalue weighted by molar-refractivity contribution is 5.23. The van der Waals surface area contributed by atoms with E-state index in [1.807, 2.05) is 6.08 Å². The fraction of sp³-hybridized carbons (Fsp3) is 0.636. The Balaban J connectivity index is 1.49. The summed E-state index contributed by atoms with van der Waals surface area (Å²) in [5, 5.41) is 0. The van der Waals surface area contributed by atoms with Crippen LogP contribution in [0.15, 0.2) is 24.3 Å². The highest BCUT2D eigenvalue weighted by atomic mass is 19.2. The van der Waals surface area contributed by atoms with Gasteiger partial charge in [-0.2, -0.15) is 0 Å². The van der Waals surface area contributed by atoms with E-state index in [0.29, 0.717) is 23.8 Å². The van der Waals surface area contributed by atoms with E-state index < -0.39 is 17.5 Å².